The Hall–Kier alpha value is -2.30. The molecular weight excluding hydrogens is 480 g/mol. The van der Waals surface area contributed by atoms with Gasteiger partial charge in [-0.2, -0.15) is 0 Å². The second-order valence-electron chi connectivity index (χ2n) is 10.6. The Morgan fingerprint density at radius 2 is 1.06 bits per heavy atom. The van der Waals surface area contributed by atoms with Crippen LogP contribution in [0.25, 0.3) is 20.2 Å². The summed E-state index contributed by atoms with van der Waals surface area (Å²) in [7, 11) is 0. The SMILES string of the molecule is CCCCCCc1cc2ccc3c(c2s1)[C@@H]1C(=O)C(=O)[C@H]3c2c1ccc1cc(CCCCCC)sc21. The number of unbranched alkanes of at least 4 members (excludes halogenated alkanes) is 6. The number of aryl methyl sites for hydroxylation is 2. The molecule has 0 radical (unpaired) electrons. The van der Waals surface area contributed by atoms with Crippen LogP contribution in [0.3, 0.4) is 0 Å². The molecule has 0 amide bonds. The van der Waals surface area contributed by atoms with E-state index in [0.717, 1.165) is 35.1 Å². The molecule has 0 aliphatic heterocycles. The van der Waals surface area contributed by atoms with Crippen molar-refractivity contribution >= 4 is 54.4 Å². The lowest BCUT2D eigenvalue weighted by molar-refractivity contribution is -0.138. The maximum absolute atomic E-state index is 13.4. The fraction of sp³-hybridized carbons (Fsp3) is 0.438. The Bertz CT molecular complexity index is 1360. The molecule has 0 N–H and O–H groups in total. The Balaban J connectivity index is 1.41. The van der Waals surface area contributed by atoms with Gasteiger partial charge in [-0.1, -0.05) is 76.6 Å². The normalized spacial score (nSPS) is 18.4. The lowest BCUT2D eigenvalue weighted by atomic mass is 9.62. The molecule has 2 aromatic carbocycles. The molecule has 3 aliphatic rings. The van der Waals surface area contributed by atoms with Crippen molar-refractivity contribution in [2.45, 2.75) is 89.9 Å². The highest BCUT2D eigenvalue weighted by atomic mass is 32.1. The molecule has 0 spiro atoms. The number of Topliss-reactive ketones (excluding diaryl/α,β-unsaturated/α-hetero) is 2. The Kier molecular flexibility index (Phi) is 6.60. The lowest BCUT2D eigenvalue weighted by Gasteiger charge is -2.38. The minimum Gasteiger partial charge on any atom is -0.290 e. The average Bonchev–Trinajstić information content (AvgIpc) is 3.50. The van der Waals surface area contributed by atoms with Gasteiger partial charge < -0.3 is 0 Å². The molecule has 2 atom stereocenters. The zero-order valence-corrected chi connectivity index (χ0v) is 23.0. The van der Waals surface area contributed by atoms with Crippen molar-refractivity contribution in [2.75, 3.05) is 0 Å². The summed E-state index contributed by atoms with van der Waals surface area (Å²) in [5.41, 5.74) is 4.40. The quantitative estimate of drug-likeness (QED) is 0.156. The van der Waals surface area contributed by atoms with Crippen LogP contribution in [0.1, 0.15) is 109 Å². The van der Waals surface area contributed by atoms with Gasteiger partial charge in [-0.15, -0.1) is 22.7 Å². The predicted octanol–water partition coefficient (Wildman–Crippen LogP) is 9.09. The number of rotatable bonds is 10. The van der Waals surface area contributed by atoms with Gasteiger partial charge in [0.15, 0.2) is 0 Å². The second kappa shape index (κ2) is 9.87. The molecule has 2 aromatic heterocycles. The smallest absolute Gasteiger partial charge is 0.211 e. The van der Waals surface area contributed by atoms with E-state index in [0.29, 0.717) is 0 Å². The molecule has 3 aliphatic carbocycles. The molecule has 0 saturated heterocycles. The zero-order valence-electron chi connectivity index (χ0n) is 21.3. The minimum atomic E-state index is -0.442. The lowest BCUT2D eigenvalue weighted by Crippen LogP contribution is -2.40. The number of ketones is 2. The van der Waals surface area contributed by atoms with Crippen molar-refractivity contribution in [3.63, 3.8) is 0 Å². The van der Waals surface area contributed by atoms with Crippen LogP contribution in [0.4, 0.5) is 0 Å². The summed E-state index contributed by atoms with van der Waals surface area (Å²) in [5, 5.41) is 2.45. The maximum Gasteiger partial charge on any atom is 0.211 e. The molecule has 2 heterocycles. The standard InChI is InChI=1S/C32H34O2S2/c1-3-5-7-9-11-21-17-19-13-15-23-26-28-24(25(29(33)30(26)34)27(23)31(19)35-21)16-14-20-18-22(36-32(20)28)12-10-8-6-4-2/h13-18,25-26H,3-12H2,1-2H3/t25-,26-/m1/s1. The van der Waals surface area contributed by atoms with Gasteiger partial charge in [0.05, 0.1) is 11.8 Å². The van der Waals surface area contributed by atoms with Crippen molar-refractivity contribution in [2.24, 2.45) is 0 Å². The first-order valence-electron chi connectivity index (χ1n) is 13.8. The van der Waals surface area contributed by atoms with Gasteiger partial charge in [0, 0.05) is 19.2 Å². The summed E-state index contributed by atoms with van der Waals surface area (Å²) in [6.45, 7) is 4.49. The van der Waals surface area contributed by atoms with Gasteiger partial charge in [0.25, 0.3) is 0 Å². The molecular formula is C32H34O2S2. The van der Waals surface area contributed by atoms with Crippen molar-refractivity contribution in [1.82, 2.24) is 0 Å². The van der Waals surface area contributed by atoms with Gasteiger partial charge in [-0.25, -0.2) is 0 Å². The van der Waals surface area contributed by atoms with Crippen molar-refractivity contribution in [1.29, 1.82) is 0 Å². The first-order chi connectivity index (χ1) is 17.6. The third kappa shape index (κ3) is 3.88. The molecule has 7 rings (SSSR count). The average molecular weight is 515 g/mol. The number of thiophene rings is 2. The third-order valence-corrected chi connectivity index (χ3v) is 10.6. The van der Waals surface area contributed by atoms with Gasteiger partial charge in [0.2, 0.25) is 11.6 Å². The van der Waals surface area contributed by atoms with Gasteiger partial charge in [0.1, 0.15) is 0 Å². The number of fused-ring (bicyclic) bond motifs is 3. The number of carbonyl (C=O) groups excluding carboxylic acids is 2. The summed E-state index contributed by atoms with van der Waals surface area (Å²) in [4.78, 5) is 29.6. The van der Waals surface area contributed by atoms with E-state index in [1.165, 1.54) is 81.3 Å². The topological polar surface area (TPSA) is 34.1 Å². The van der Waals surface area contributed by atoms with E-state index < -0.39 is 11.8 Å². The monoisotopic (exact) mass is 514 g/mol. The molecule has 0 fully saturated rings. The van der Waals surface area contributed by atoms with E-state index in [9.17, 15) is 9.59 Å². The Morgan fingerprint density at radius 1 is 0.611 bits per heavy atom. The maximum atomic E-state index is 13.4. The molecule has 2 bridgehead atoms. The van der Waals surface area contributed by atoms with Crippen LogP contribution in [0.5, 0.6) is 0 Å². The van der Waals surface area contributed by atoms with E-state index in [-0.39, 0.29) is 11.6 Å². The van der Waals surface area contributed by atoms with E-state index in [4.69, 9.17) is 0 Å². The number of hydrogen-bond donors (Lipinski definition) is 0. The zero-order chi connectivity index (χ0) is 24.8. The summed E-state index contributed by atoms with van der Waals surface area (Å²) < 4.78 is 2.45. The molecule has 2 nitrogen and oxygen atoms in total. The molecule has 0 unspecified atom stereocenters. The first-order valence-corrected chi connectivity index (χ1v) is 15.4. The van der Waals surface area contributed by atoms with E-state index in [2.05, 4.69) is 50.2 Å². The van der Waals surface area contributed by atoms with E-state index >= 15 is 0 Å². The van der Waals surface area contributed by atoms with Crippen LogP contribution < -0.4 is 0 Å². The van der Waals surface area contributed by atoms with Crippen LogP contribution in [-0.4, -0.2) is 11.6 Å². The van der Waals surface area contributed by atoms with Gasteiger partial charge in [-0.3, -0.25) is 9.59 Å². The van der Waals surface area contributed by atoms with Crippen molar-refractivity contribution in [3.05, 3.63) is 68.4 Å². The number of carbonyl (C=O) groups is 2. The number of hydrogen-bond acceptors (Lipinski definition) is 4. The van der Waals surface area contributed by atoms with Crippen molar-refractivity contribution < 1.29 is 9.59 Å². The highest BCUT2D eigenvalue weighted by Gasteiger charge is 2.50. The molecule has 186 valence electrons. The minimum absolute atomic E-state index is 0.207. The molecule has 36 heavy (non-hydrogen) atoms. The van der Waals surface area contributed by atoms with Crippen LogP contribution in [0, 0.1) is 0 Å². The number of benzene rings is 2. The second-order valence-corrected chi connectivity index (χ2v) is 12.9. The van der Waals surface area contributed by atoms with Gasteiger partial charge >= 0.3 is 0 Å². The fourth-order valence-electron chi connectivity index (χ4n) is 6.32. The van der Waals surface area contributed by atoms with Crippen LogP contribution in [0.2, 0.25) is 0 Å². The van der Waals surface area contributed by atoms with Crippen LogP contribution in [-0.2, 0) is 22.4 Å². The van der Waals surface area contributed by atoms with E-state index in [1.807, 2.05) is 22.7 Å². The van der Waals surface area contributed by atoms with Crippen LogP contribution >= 0.6 is 22.7 Å². The summed E-state index contributed by atoms with van der Waals surface area (Å²) in [5.74, 6) is -1.30. The Labute approximate surface area is 221 Å². The fourth-order valence-corrected chi connectivity index (χ4v) is 8.89. The summed E-state index contributed by atoms with van der Waals surface area (Å²) in [6.07, 6.45) is 12.2. The largest absolute Gasteiger partial charge is 0.290 e. The first kappa shape index (κ1) is 24.1. The van der Waals surface area contributed by atoms with E-state index in [1.54, 1.807) is 0 Å². The highest BCUT2D eigenvalue weighted by Crippen LogP contribution is 2.55. The van der Waals surface area contributed by atoms with Crippen molar-refractivity contribution in [3.8, 4) is 0 Å². The van der Waals surface area contributed by atoms with Crippen LogP contribution in [0.15, 0.2) is 36.4 Å². The summed E-state index contributed by atoms with van der Waals surface area (Å²) in [6, 6.07) is 13.3. The third-order valence-electron chi connectivity index (χ3n) is 8.14. The Morgan fingerprint density at radius 3 is 1.47 bits per heavy atom. The highest BCUT2D eigenvalue weighted by molar-refractivity contribution is 7.19. The van der Waals surface area contributed by atoms with Gasteiger partial charge in [-0.05, 0) is 70.8 Å². The predicted molar refractivity (Wildman–Crippen MR) is 153 cm³/mol. The molecule has 4 aromatic rings. The molecule has 0 saturated carbocycles. The molecule has 4 heteroatoms. The summed E-state index contributed by atoms with van der Waals surface area (Å²) >= 11 is 3.69.